The Hall–Kier alpha value is -2.66. The van der Waals surface area contributed by atoms with Gasteiger partial charge >= 0.3 is 0 Å². The molecule has 120 valence electrons. The normalized spacial score (nSPS) is 10.9. The fourth-order valence-corrected chi connectivity index (χ4v) is 2.60. The van der Waals surface area contributed by atoms with E-state index in [2.05, 4.69) is 26.5 Å². The summed E-state index contributed by atoms with van der Waals surface area (Å²) < 4.78 is 6.32. The van der Waals surface area contributed by atoms with Gasteiger partial charge in [0.15, 0.2) is 0 Å². The number of nitrogens with one attached hydrogen (secondary N) is 1. The molecule has 0 atom stereocenters. The van der Waals surface area contributed by atoms with Gasteiger partial charge in [0, 0.05) is 4.47 Å². The van der Waals surface area contributed by atoms with E-state index in [1.807, 2.05) is 54.6 Å². The lowest BCUT2D eigenvalue weighted by atomic mass is 10.1. The highest BCUT2D eigenvalue weighted by atomic mass is 79.9. The Morgan fingerprint density at radius 3 is 2.42 bits per heavy atom. The molecule has 0 unspecified atom stereocenters. The second kappa shape index (κ2) is 7.27. The lowest BCUT2D eigenvalue weighted by Gasteiger charge is -2.09. The third-order valence-electron chi connectivity index (χ3n) is 3.56. The van der Waals surface area contributed by atoms with Gasteiger partial charge in [0.2, 0.25) is 0 Å². The fraction of sp³-hybridized carbons (Fsp3) is 0.0526. The molecule has 1 N–H and O–H groups in total. The molecule has 3 rings (SSSR count). The maximum absolute atomic E-state index is 12.4. The van der Waals surface area contributed by atoms with Crippen molar-refractivity contribution < 1.29 is 9.53 Å². The van der Waals surface area contributed by atoms with Gasteiger partial charge in [-0.1, -0.05) is 52.3 Å². The number of hydrazone groups is 1. The Balaban J connectivity index is 1.81. The zero-order valence-corrected chi connectivity index (χ0v) is 14.6. The zero-order valence-electron chi connectivity index (χ0n) is 13.0. The van der Waals surface area contributed by atoms with Gasteiger partial charge in [-0.05, 0) is 40.6 Å². The number of hydrogen-bond acceptors (Lipinski definition) is 3. The molecule has 0 heterocycles. The summed E-state index contributed by atoms with van der Waals surface area (Å²) >= 11 is 3.37. The van der Waals surface area contributed by atoms with Crippen molar-refractivity contribution in [3.63, 3.8) is 0 Å². The molecule has 0 aliphatic heterocycles. The van der Waals surface area contributed by atoms with Crippen LogP contribution in [0.25, 0.3) is 10.8 Å². The smallest absolute Gasteiger partial charge is 0.275 e. The lowest BCUT2D eigenvalue weighted by molar-refractivity contribution is 0.0952. The predicted octanol–water partition coefficient (Wildman–Crippen LogP) is 4.37. The highest BCUT2D eigenvalue weighted by Gasteiger charge is 2.13. The predicted molar refractivity (Wildman–Crippen MR) is 99.7 cm³/mol. The van der Waals surface area contributed by atoms with Crippen LogP contribution in [-0.2, 0) is 0 Å². The van der Waals surface area contributed by atoms with E-state index in [1.165, 1.54) is 0 Å². The van der Waals surface area contributed by atoms with Crippen molar-refractivity contribution in [3.8, 4) is 5.75 Å². The number of methoxy groups -OCH3 is 1. The molecule has 0 aromatic heterocycles. The lowest BCUT2D eigenvalue weighted by Crippen LogP contribution is -2.18. The standard InChI is InChI=1S/C19H15BrN2O2/c1-24-18-11-15-5-3-2-4-14(15)10-17(18)19(23)22-21-12-13-6-8-16(20)9-7-13/h2-12H,1H3,(H,22,23). The second-order valence-electron chi connectivity index (χ2n) is 5.15. The van der Waals surface area contributed by atoms with Gasteiger partial charge in [-0.15, -0.1) is 0 Å². The Bertz CT molecular complexity index is 905. The van der Waals surface area contributed by atoms with Crippen LogP contribution in [0.2, 0.25) is 0 Å². The van der Waals surface area contributed by atoms with Crippen LogP contribution in [0.15, 0.2) is 70.2 Å². The van der Waals surface area contributed by atoms with E-state index >= 15 is 0 Å². The molecule has 0 saturated carbocycles. The molecule has 4 nitrogen and oxygen atoms in total. The maximum atomic E-state index is 12.4. The quantitative estimate of drug-likeness (QED) is 0.537. The van der Waals surface area contributed by atoms with Crippen molar-refractivity contribution in [2.75, 3.05) is 7.11 Å². The summed E-state index contributed by atoms with van der Waals surface area (Å²) in [6, 6.07) is 19.1. The summed E-state index contributed by atoms with van der Waals surface area (Å²) in [5.41, 5.74) is 3.88. The van der Waals surface area contributed by atoms with Gasteiger partial charge in [-0.2, -0.15) is 5.10 Å². The van der Waals surface area contributed by atoms with Gasteiger partial charge in [0.25, 0.3) is 5.91 Å². The van der Waals surface area contributed by atoms with Crippen molar-refractivity contribution in [2.45, 2.75) is 0 Å². The van der Waals surface area contributed by atoms with E-state index in [9.17, 15) is 4.79 Å². The van der Waals surface area contributed by atoms with Crippen LogP contribution in [0, 0.1) is 0 Å². The van der Waals surface area contributed by atoms with E-state index in [1.54, 1.807) is 19.4 Å². The molecule has 0 fully saturated rings. The molecule has 0 bridgehead atoms. The van der Waals surface area contributed by atoms with Crippen molar-refractivity contribution in [1.29, 1.82) is 0 Å². The van der Waals surface area contributed by atoms with Gasteiger partial charge in [-0.25, -0.2) is 5.43 Å². The minimum atomic E-state index is -0.314. The highest BCUT2D eigenvalue weighted by molar-refractivity contribution is 9.10. The summed E-state index contributed by atoms with van der Waals surface area (Å²) in [6.07, 6.45) is 1.60. The number of nitrogens with zero attached hydrogens (tertiary/aromatic N) is 1. The zero-order chi connectivity index (χ0) is 16.9. The van der Waals surface area contributed by atoms with E-state index in [4.69, 9.17) is 4.74 Å². The van der Waals surface area contributed by atoms with Crippen LogP contribution in [0.4, 0.5) is 0 Å². The number of carbonyl (C=O) groups excluding carboxylic acids is 1. The number of rotatable bonds is 4. The Kier molecular flexibility index (Phi) is 4.91. The molecule has 0 radical (unpaired) electrons. The maximum Gasteiger partial charge on any atom is 0.275 e. The third kappa shape index (κ3) is 3.63. The summed E-state index contributed by atoms with van der Waals surface area (Å²) in [4.78, 5) is 12.4. The SMILES string of the molecule is COc1cc2ccccc2cc1C(=O)NN=Cc1ccc(Br)cc1. The number of halogens is 1. The highest BCUT2D eigenvalue weighted by Crippen LogP contribution is 2.25. The summed E-state index contributed by atoms with van der Waals surface area (Å²) in [5, 5.41) is 6.00. The third-order valence-corrected chi connectivity index (χ3v) is 4.09. The average molecular weight is 383 g/mol. The number of amides is 1. The minimum absolute atomic E-state index is 0.314. The summed E-state index contributed by atoms with van der Waals surface area (Å²) in [6.45, 7) is 0. The average Bonchev–Trinajstić information content (AvgIpc) is 2.62. The minimum Gasteiger partial charge on any atom is -0.496 e. The van der Waals surface area contributed by atoms with Gasteiger partial charge < -0.3 is 4.74 Å². The van der Waals surface area contributed by atoms with E-state index in [0.717, 1.165) is 20.8 Å². The van der Waals surface area contributed by atoms with E-state index in [-0.39, 0.29) is 5.91 Å². The topological polar surface area (TPSA) is 50.7 Å². The van der Waals surface area contributed by atoms with E-state index in [0.29, 0.717) is 11.3 Å². The van der Waals surface area contributed by atoms with Crippen LogP contribution in [0.5, 0.6) is 5.75 Å². The molecule has 0 aliphatic rings. The first-order valence-electron chi connectivity index (χ1n) is 7.33. The van der Waals surface area contributed by atoms with Crippen LogP contribution in [0.3, 0.4) is 0 Å². The van der Waals surface area contributed by atoms with Gasteiger partial charge in [0.05, 0.1) is 18.9 Å². The molecule has 3 aromatic carbocycles. The van der Waals surface area contributed by atoms with Crippen LogP contribution >= 0.6 is 15.9 Å². The first kappa shape index (κ1) is 16.2. The van der Waals surface area contributed by atoms with Crippen LogP contribution < -0.4 is 10.2 Å². The Labute approximate surface area is 148 Å². The first-order valence-corrected chi connectivity index (χ1v) is 8.12. The van der Waals surface area contributed by atoms with Crippen molar-refractivity contribution in [1.82, 2.24) is 5.43 Å². The van der Waals surface area contributed by atoms with Gasteiger partial charge in [-0.3, -0.25) is 4.79 Å². The molecule has 0 spiro atoms. The number of ether oxygens (including phenoxy) is 1. The number of fused-ring (bicyclic) bond motifs is 1. The number of hydrogen-bond donors (Lipinski definition) is 1. The first-order chi connectivity index (χ1) is 11.7. The molecule has 24 heavy (non-hydrogen) atoms. The van der Waals surface area contributed by atoms with Crippen LogP contribution in [0.1, 0.15) is 15.9 Å². The largest absolute Gasteiger partial charge is 0.496 e. The Morgan fingerprint density at radius 2 is 1.75 bits per heavy atom. The van der Waals surface area contributed by atoms with Crippen molar-refractivity contribution in [3.05, 3.63) is 76.3 Å². The van der Waals surface area contributed by atoms with Gasteiger partial charge in [0.1, 0.15) is 5.75 Å². The van der Waals surface area contributed by atoms with Crippen LogP contribution in [-0.4, -0.2) is 19.2 Å². The molecule has 3 aromatic rings. The molecule has 5 heteroatoms. The number of benzene rings is 3. The second-order valence-corrected chi connectivity index (χ2v) is 6.07. The summed E-state index contributed by atoms with van der Waals surface area (Å²) in [5.74, 6) is 0.205. The monoisotopic (exact) mass is 382 g/mol. The molecule has 1 amide bonds. The summed E-state index contributed by atoms with van der Waals surface area (Å²) in [7, 11) is 1.55. The Morgan fingerprint density at radius 1 is 1.08 bits per heavy atom. The van der Waals surface area contributed by atoms with Crippen molar-refractivity contribution in [2.24, 2.45) is 5.10 Å². The fourth-order valence-electron chi connectivity index (χ4n) is 2.34. The molecule has 0 aliphatic carbocycles. The van der Waals surface area contributed by atoms with E-state index < -0.39 is 0 Å². The van der Waals surface area contributed by atoms with Crippen molar-refractivity contribution >= 4 is 38.8 Å². The molecule has 0 saturated heterocycles. The number of carbonyl (C=O) groups is 1. The molecular weight excluding hydrogens is 368 g/mol. The molecular formula is C19H15BrN2O2.